The van der Waals surface area contributed by atoms with Gasteiger partial charge in [0.15, 0.2) is 0 Å². The Hall–Kier alpha value is -1.80. The molecule has 0 bridgehead atoms. The summed E-state index contributed by atoms with van der Waals surface area (Å²) >= 11 is 9.22. The maximum atomic E-state index is 10.1. The smallest absolute Gasteiger partial charge is 0.204 e. The average molecular weight is 424 g/mol. The van der Waals surface area contributed by atoms with Crippen LogP contribution in [0.25, 0.3) is 11.4 Å². The second kappa shape index (κ2) is 8.53. The predicted octanol–water partition coefficient (Wildman–Crippen LogP) is 3.33. The number of hydrogen-bond acceptors (Lipinski definition) is 5. The molecule has 1 heterocycles. The van der Waals surface area contributed by atoms with E-state index in [4.69, 9.17) is 16.3 Å². The topological polar surface area (TPSA) is 73.1 Å². The van der Waals surface area contributed by atoms with E-state index >= 15 is 0 Å². The SMILES string of the molecule is O[C@H](COCc1ccc(Cl)cc1)Cn1nnc(-c2ccc(Br)cc2)n1. The molecule has 1 aromatic heterocycles. The van der Waals surface area contributed by atoms with Crippen molar-refractivity contribution >= 4 is 27.5 Å². The van der Waals surface area contributed by atoms with Gasteiger partial charge in [-0.1, -0.05) is 39.7 Å². The van der Waals surface area contributed by atoms with Crippen LogP contribution in [0, 0.1) is 0 Å². The Morgan fingerprint density at radius 3 is 2.56 bits per heavy atom. The largest absolute Gasteiger partial charge is 0.389 e. The van der Waals surface area contributed by atoms with Gasteiger partial charge in [0.05, 0.1) is 25.9 Å². The van der Waals surface area contributed by atoms with Crippen molar-refractivity contribution in [3.05, 3.63) is 63.6 Å². The molecule has 0 radical (unpaired) electrons. The number of hydrogen-bond donors (Lipinski definition) is 1. The molecule has 1 N–H and O–H groups in total. The van der Waals surface area contributed by atoms with Crippen LogP contribution in [0.1, 0.15) is 5.56 Å². The van der Waals surface area contributed by atoms with Gasteiger partial charge in [0.2, 0.25) is 5.82 Å². The Labute approximate surface area is 158 Å². The Morgan fingerprint density at radius 2 is 1.84 bits per heavy atom. The number of nitrogens with zero attached hydrogens (tertiary/aromatic N) is 4. The van der Waals surface area contributed by atoms with Gasteiger partial charge in [-0.2, -0.15) is 4.80 Å². The maximum absolute atomic E-state index is 10.1. The summed E-state index contributed by atoms with van der Waals surface area (Å²) < 4.78 is 6.49. The monoisotopic (exact) mass is 422 g/mol. The quantitative estimate of drug-likeness (QED) is 0.631. The van der Waals surface area contributed by atoms with E-state index in [-0.39, 0.29) is 13.2 Å². The number of tetrazole rings is 1. The molecule has 1 atom stereocenters. The van der Waals surface area contributed by atoms with Gasteiger partial charge < -0.3 is 9.84 Å². The Balaban J connectivity index is 1.48. The first-order valence-electron chi connectivity index (χ1n) is 7.64. The highest BCUT2D eigenvalue weighted by atomic mass is 79.9. The lowest BCUT2D eigenvalue weighted by Crippen LogP contribution is -2.23. The summed E-state index contributed by atoms with van der Waals surface area (Å²) in [5.41, 5.74) is 1.86. The highest BCUT2D eigenvalue weighted by Gasteiger charge is 2.10. The zero-order valence-corrected chi connectivity index (χ0v) is 15.6. The molecular weight excluding hydrogens is 408 g/mol. The van der Waals surface area contributed by atoms with Crippen LogP contribution >= 0.6 is 27.5 Å². The lowest BCUT2D eigenvalue weighted by molar-refractivity contribution is 0.0165. The van der Waals surface area contributed by atoms with Crippen LogP contribution in [-0.4, -0.2) is 38.0 Å². The van der Waals surface area contributed by atoms with Crippen LogP contribution in [0.15, 0.2) is 53.0 Å². The number of aromatic nitrogens is 4. The van der Waals surface area contributed by atoms with Gasteiger partial charge in [0, 0.05) is 15.1 Å². The summed E-state index contributed by atoms with van der Waals surface area (Å²) in [6.45, 7) is 0.797. The van der Waals surface area contributed by atoms with Crippen LogP contribution in [-0.2, 0) is 17.9 Å². The van der Waals surface area contributed by atoms with Crippen molar-refractivity contribution in [2.24, 2.45) is 0 Å². The molecule has 8 heteroatoms. The lowest BCUT2D eigenvalue weighted by atomic mass is 10.2. The zero-order valence-electron chi connectivity index (χ0n) is 13.2. The van der Waals surface area contributed by atoms with Crippen molar-refractivity contribution in [1.82, 2.24) is 20.2 Å². The number of halogens is 2. The van der Waals surface area contributed by atoms with Crippen LogP contribution in [0.2, 0.25) is 5.02 Å². The van der Waals surface area contributed by atoms with Crippen LogP contribution in [0.5, 0.6) is 0 Å². The Kier molecular flexibility index (Phi) is 6.14. The second-order valence-electron chi connectivity index (χ2n) is 5.47. The zero-order chi connectivity index (χ0) is 17.6. The van der Waals surface area contributed by atoms with Gasteiger partial charge in [-0.25, -0.2) is 0 Å². The molecule has 6 nitrogen and oxygen atoms in total. The Morgan fingerprint density at radius 1 is 1.12 bits per heavy atom. The van der Waals surface area contributed by atoms with Gasteiger partial charge >= 0.3 is 0 Å². The average Bonchev–Trinajstić information content (AvgIpc) is 3.06. The predicted molar refractivity (Wildman–Crippen MR) is 98.1 cm³/mol. The molecule has 0 aliphatic heterocycles. The molecule has 0 fully saturated rings. The van der Waals surface area contributed by atoms with Crippen molar-refractivity contribution in [3.8, 4) is 11.4 Å². The fraction of sp³-hybridized carbons (Fsp3) is 0.235. The van der Waals surface area contributed by atoms with Gasteiger partial charge in [-0.15, -0.1) is 10.2 Å². The van der Waals surface area contributed by atoms with Gasteiger partial charge in [-0.3, -0.25) is 0 Å². The fourth-order valence-corrected chi connectivity index (χ4v) is 2.56. The summed E-state index contributed by atoms with van der Waals surface area (Å²) in [5, 5.41) is 23.0. The molecule has 25 heavy (non-hydrogen) atoms. The number of aliphatic hydroxyl groups excluding tert-OH is 1. The lowest BCUT2D eigenvalue weighted by Gasteiger charge is -2.10. The van der Waals surface area contributed by atoms with E-state index < -0.39 is 6.10 Å². The molecule has 0 aliphatic rings. The number of aliphatic hydroxyl groups is 1. The number of benzene rings is 2. The molecule has 0 saturated carbocycles. The maximum Gasteiger partial charge on any atom is 0.204 e. The summed E-state index contributed by atoms with van der Waals surface area (Å²) in [4.78, 5) is 1.37. The molecule has 0 aliphatic carbocycles. The summed E-state index contributed by atoms with van der Waals surface area (Å²) in [6.07, 6.45) is -0.723. The van der Waals surface area contributed by atoms with Crippen molar-refractivity contribution in [2.45, 2.75) is 19.3 Å². The van der Waals surface area contributed by atoms with Gasteiger partial charge in [0.25, 0.3) is 0 Å². The molecule has 0 amide bonds. The van der Waals surface area contributed by atoms with E-state index in [2.05, 4.69) is 31.3 Å². The first-order valence-corrected chi connectivity index (χ1v) is 8.81. The molecular formula is C17H16BrClN4O2. The number of rotatable bonds is 7. The molecule has 2 aromatic carbocycles. The van der Waals surface area contributed by atoms with E-state index in [0.717, 1.165) is 15.6 Å². The first-order chi connectivity index (χ1) is 12.1. The van der Waals surface area contributed by atoms with E-state index in [1.54, 1.807) is 12.1 Å². The highest BCUT2D eigenvalue weighted by Crippen LogP contribution is 2.17. The number of ether oxygens (including phenoxy) is 1. The molecule has 0 saturated heterocycles. The molecule has 0 spiro atoms. The summed E-state index contributed by atoms with van der Waals surface area (Å²) in [6, 6.07) is 15.0. The highest BCUT2D eigenvalue weighted by molar-refractivity contribution is 9.10. The normalized spacial score (nSPS) is 12.3. The van der Waals surface area contributed by atoms with Crippen molar-refractivity contribution in [1.29, 1.82) is 0 Å². The molecule has 130 valence electrons. The molecule has 3 aromatic rings. The second-order valence-corrected chi connectivity index (χ2v) is 6.82. The van der Waals surface area contributed by atoms with E-state index in [9.17, 15) is 5.11 Å². The minimum absolute atomic E-state index is 0.178. The van der Waals surface area contributed by atoms with Gasteiger partial charge in [-0.05, 0) is 47.2 Å². The minimum atomic E-state index is -0.723. The van der Waals surface area contributed by atoms with Crippen molar-refractivity contribution in [3.63, 3.8) is 0 Å². The molecule has 3 rings (SSSR count). The third-order valence-corrected chi connectivity index (χ3v) is 4.20. The fourth-order valence-electron chi connectivity index (χ4n) is 2.17. The Bertz CT molecular complexity index is 808. The summed E-state index contributed by atoms with van der Waals surface area (Å²) in [5.74, 6) is 0.516. The first kappa shape index (κ1) is 18.0. The van der Waals surface area contributed by atoms with Crippen LogP contribution in [0.3, 0.4) is 0 Å². The standard InChI is InChI=1S/C17H16BrClN4O2/c18-14-5-3-13(4-6-14)17-20-22-23(21-17)9-16(24)11-25-10-12-1-7-15(19)8-2-12/h1-8,16,24H,9-11H2/t16-/m0/s1. The van der Waals surface area contributed by atoms with E-state index in [1.807, 2.05) is 36.4 Å². The molecule has 0 unspecified atom stereocenters. The third kappa shape index (κ3) is 5.34. The van der Waals surface area contributed by atoms with Crippen LogP contribution in [0.4, 0.5) is 0 Å². The van der Waals surface area contributed by atoms with Crippen LogP contribution < -0.4 is 0 Å². The van der Waals surface area contributed by atoms with Crippen molar-refractivity contribution in [2.75, 3.05) is 6.61 Å². The summed E-state index contributed by atoms with van der Waals surface area (Å²) in [7, 11) is 0. The van der Waals surface area contributed by atoms with E-state index in [1.165, 1.54) is 4.80 Å². The van der Waals surface area contributed by atoms with Crippen molar-refractivity contribution < 1.29 is 9.84 Å². The third-order valence-electron chi connectivity index (χ3n) is 3.42. The van der Waals surface area contributed by atoms with E-state index in [0.29, 0.717) is 17.5 Å². The van der Waals surface area contributed by atoms with Gasteiger partial charge in [0.1, 0.15) is 0 Å². The minimum Gasteiger partial charge on any atom is -0.389 e.